The van der Waals surface area contributed by atoms with Crippen LogP contribution in [0.25, 0.3) is 0 Å². The van der Waals surface area contributed by atoms with Crippen molar-refractivity contribution in [3.05, 3.63) is 29.8 Å². The predicted octanol–water partition coefficient (Wildman–Crippen LogP) is 2.46. The molecule has 1 rings (SSSR count). The normalized spacial score (nSPS) is 16.1. The van der Waals surface area contributed by atoms with E-state index in [9.17, 15) is 5.11 Å². The van der Waals surface area contributed by atoms with Crippen molar-refractivity contribution in [3.8, 4) is 5.75 Å². The Morgan fingerprint density at radius 1 is 1.28 bits per heavy atom. The standard InChI is InChI=1S/C14H23NO2S/c1-10(15-11(2)14(9-16)18-4)12-5-7-13(17-3)8-6-12/h5-8,10-11,14-16H,9H2,1-4H3. The van der Waals surface area contributed by atoms with Gasteiger partial charge in [-0.25, -0.2) is 0 Å². The van der Waals surface area contributed by atoms with Crippen LogP contribution in [-0.4, -0.2) is 36.4 Å². The molecule has 102 valence electrons. The maximum absolute atomic E-state index is 9.27. The minimum Gasteiger partial charge on any atom is -0.497 e. The van der Waals surface area contributed by atoms with Gasteiger partial charge in [0.1, 0.15) is 5.75 Å². The summed E-state index contributed by atoms with van der Waals surface area (Å²) in [6.45, 7) is 4.44. The molecule has 0 radical (unpaired) electrons. The van der Waals surface area contributed by atoms with E-state index in [0.717, 1.165) is 5.75 Å². The third-order valence-corrected chi connectivity index (χ3v) is 4.33. The molecule has 3 nitrogen and oxygen atoms in total. The van der Waals surface area contributed by atoms with Gasteiger partial charge >= 0.3 is 0 Å². The second-order valence-corrected chi connectivity index (χ2v) is 5.48. The Labute approximate surface area is 114 Å². The maximum atomic E-state index is 9.27. The molecule has 0 aliphatic carbocycles. The lowest BCUT2D eigenvalue weighted by Crippen LogP contribution is -2.38. The second-order valence-electron chi connectivity index (χ2n) is 4.41. The van der Waals surface area contributed by atoms with Gasteiger partial charge in [0.05, 0.1) is 13.7 Å². The molecule has 4 heteroatoms. The molecule has 2 N–H and O–H groups in total. The zero-order valence-electron chi connectivity index (χ0n) is 11.5. The summed E-state index contributed by atoms with van der Waals surface area (Å²) in [7, 11) is 1.67. The third-order valence-electron chi connectivity index (χ3n) is 3.17. The molecule has 0 aromatic heterocycles. The minimum absolute atomic E-state index is 0.199. The molecule has 0 bridgehead atoms. The third kappa shape index (κ3) is 4.19. The number of aliphatic hydroxyl groups is 1. The van der Waals surface area contributed by atoms with Crippen molar-refractivity contribution in [2.24, 2.45) is 0 Å². The van der Waals surface area contributed by atoms with Crippen LogP contribution >= 0.6 is 11.8 Å². The van der Waals surface area contributed by atoms with Gasteiger partial charge in [-0.1, -0.05) is 12.1 Å². The van der Waals surface area contributed by atoms with Gasteiger partial charge in [0.15, 0.2) is 0 Å². The summed E-state index contributed by atoms with van der Waals surface area (Å²) in [5, 5.41) is 13.0. The van der Waals surface area contributed by atoms with Crippen LogP contribution in [0, 0.1) is 0 Å². The summed E-state index contributed by atoms with van der Waals surface area (Å²) in [5.74, 6) is 0.872. The zero-order chi connectivity index (χ0) is 13.5. The molecule has 0 fully saturated rings. The molecule has 0 heterocycles. The van der Waals surface area contributed by atoms with Gasteiger partial charge in [0, 0.05) is 17.3 Å². The Hall–Kier alpha value is -0.710. The van der Waals surface area contributed by atoms with Crippen LogP contribution in [0.5, 0.6) is 5.75 Å². The van der Waals surface area contributed by atoms with Crippen LogP contribution in [0.1, 0.15) is 25.5 Å². The van der Waals surface area contributed by atoms with Crippen LogP contribution in [0.15, 0.2) is 24.3 Å². The molecule has 0 aliphatic heterocycles. The van der Waals surface area contributed by atoms with Gasteiger partial charge in [0.2, 0.25) is 0 Å². The molecule has 0 aliphatic rings. The van der Waals surface area contributed by atoms with E-state index >= 15 is 0 Å². The largest absolute Gasteiger partial charge is 0.497 e. The molecule has 18 heavy (non-hydrogen) atoms. The molecule has 0 saturated carbocycles. The second kappa shape index (κ2) is 7.67. The summed E-state index contributed by atoms with van der Waals surface area (Å²) in [6.07, 6.45) is 2.02. The Morgan fingerprint density at radius 3 is 2.33 bits per heavy atom. The quantitative estimate of drug-likeness (QED) is 0.798. The fraction of sp³-hybridized carbons (Fsp3) is 0.571. The van der Waals surface area contributed by atoms with Gasteiger partial charge in [-0.05, 0) is 37.8 Å². The highest BCUT2D eigenvalue weighted by atomic mass is 32.2. The van der Waals surface area contributed by atoms with Crippen LogP contribution in [-0.2, 0) is 0 Å². The lowest BCUT2D eigenvalue weighted by atomic mass is 10.1. The molecule has 0 amide bonds. The van der Waals surface area contributed by atoms with Crippen LogP contribution in [0.3, 0.4) is 0 Å². The monoisotopic (exact) mass is 269 g/mol. The summed E-state index contributed by atoms with van der Waals surface area (Å²) in [4.78, 5) is 0. The Bertz CT molecular complexity index is 338. The number of methoxy groups -OCH3 is 1. The van der Waals surface area contributed by atoms with E-state index in [2.05, 4.69) is 31.3 Å². The van der Waals surface area contributed by atoms with Gasteiger partial charge < -0.3 is 15.2 Å². The van der Waals surface area contributed by atoms with Gasteiger partial charge in [-0.15, -0.1) is 0 Å². The number of benzene rings is 1. The number of hydrogen-bond acceptors (Lipinski definition) is 4. The lowest BCUT2D eigenvalue weighted by Gasteiger charge is -2.25. The number of nitrogens with one attached hydrogen (secondary N) is 1. The fourth-order valence-corrected chi connectivity index (χ4v) is 2.56. The molecule has 3 atom stereocenters. The molecule has 1 aromatic carbocycles. The summed E-state index contributed by atoms with van der Waals surface area (Å²) in [6, 6.07) is 8.59. The van der Waals surface area contributed by atoms with Crippen molar-refractivity contribution in [3.63, 3.8) is 0 Å². The first-order valence-electron chi connectivity index (χ1n) is 6.16. The van der Waals surface area contributed by atoms with Crippen molar-refractivity contribution in [2.45, 2.75) is 31.2 Å². The first-order chi connectivity index (χ1) is 8.62. The van der Waals surface area contributed by atoms with Crippen molar-refractivity contribution in [1.82, 2.24) is 5.32 Å². The number of ether oxygens (including phenoxy) is 1. The smallest absolute Gasteiger partial charge is 0.118 e. The van der Waals surface area contributed by atoms with E-state index in [1.54, 1.807) is 18.9 Å². The zero-order valence-corrected chi connectivity index (χ0v) is 12.3. The van der Waals surface area contributed by atoms with E-state index in [-0.39, 0.29) is 23.9 Å². The van der Waals surface area contributed by atoms with Crippen LogP contribution in [0.4, 0.5) is 0 Å². The molecule has 3 unspecified atom stereocenters. The van der Waals surface area contributed by atoms with Gasteiger partial charge in [-0.3, -0.25) is 0 Å². The Kier molecular flexibility index (Phi) is 6.54. The number of aliphatic hydroxyl groups excluding tert-OH is 1. The maximum Gasteiger partial charge on any atom is 0.118 e. The van der Waals surface area contributed by atoms with E-state index in [1.807, 2.05) is 18.4 Å². The number of thioether (sulfide) groups is 1. The summed E-state index contributed by atoms with van der Waals surface area (Å²) < 4.78 is 5.15. The highest BCUT2D eigenvalue weighted by Gasteiger charge is 2.17. The van der Waals surface area contributed by atoms with Gasteiger partial charge in [0.25, 0.3) is 0 Å². The molecule has 1 aromatic rings. The minimum atomic E-state index is 0.199. The SMILES string of the molecule is COc1ccc(C(C)NC(C)C(CO)SC)cc1. The molecular weight excluding hydrogens is 246 g/mol. The van der Waals surface area contributed by atoms with E-state index in [1.165, 1.54) is 5.56 Å². The van der Waals surface area contributed by atoms with Crippen molar-refractivity contribution >= 4 is 11.8 Å². The van der Waals surface area contributed by atoms with Crippen LogP contribution < -0.4 is 10.1 Å². The van der Waals surface area contributed by atoms with E-state index in [4.69, 9.17) is 4.74 Å². The topological polar surface area (TPSA) is 41.5 Å². The first-order valence-corrected chi connectivity index (χ1v) is 7.44. The molecule has 0 spiro atoms. The Balaban J connectivity index is 2.60. The van der Waals surface area contributed by atoms with E-state index in [0.29, 0.717) is 0 Å². The van der Waals surface area contributed by atoms with Crippen LogP contribution in [0.2, 0.25) is 0 Å². The lowest BCUT2D eigenvalue weighted by molar-refractivity contribution is 0.272. The first kappa shape index (κ1) is 15.3. The van der Waals surface area contributed by atoms with Crippen molar-refractivity contribution < 1.29 is 9.84 Å². The highest BCUT2D eigenvalue weighted by Crippen LogP contribution is 2.19. The fourth-order valence-electron chi connectivity index (χ4n) is 1.93. The predicted molar refractivity (Wildman–Crippen MR) is 78.4 cm³/mol. The number of hydrogen-bond donors (Lipinski definition) is 2. The van der Waals surface area contributed by atoms with Gasteiger partial charge in [-0.2, -0.15) is 11.8 Å². The van der Waals surface area contributed by atoms with E-state index < -0.39 is 0 Å². The van der Waals surface area contributed by atoms with Crippen molar-refractivity contribution in [2.75, 3.05) is 20.0 Å². The average Bonchev–Trinajstić information content (AvgIpc) is 2.40. The molecular formula is C14H23NO2S. The summed E-state index contributed by atoms with van der Waals surface area (Å²) >= 11 is 1.69. The highest BCUT2D eigenvalue weighted by molar-refractivity contribution is 7.99. The number of rotatable bonds is 7. The molecule has 0 saturated heterocycles. The average molecular weight is 269 g/mol. The Morgan fingerprint density at radius 2 is 1.89 bits per heavy atom. The summed E-state index contributed by atoms with van der Waals surface area (Å²) in [5.41, 5.74) is 1.22. The van der Waals surface area contributed by atoms with Crippen molar-refractivity contribution in [1.29, 1.82) is 0 Å².